The number of benzene rings is 2. The largest absolute Gasteiger partial charge is 0.497 e. The van der Waals surface area contributed by atoms with E-state index in [2.05, 4.69) is 32.2 Å². The van der Waals surface area contributed by atoms with E-state index in [0.29, 0.717) is 13.0 Å². The van der Waals surface area contributed by atoms with E-state index in [-0.39, 0.29) is 29.8 Å². The number of halogens is 2. The topological polar surface area (TPSA) is 40.1 Å². The van der Waals surface area contributed by atoms with E-state index in [1.165, 1.54) is 11.8 Å². The minimum atomic E-state index is -0.151. The Balaban J connectivity index is 0.00000280. The van der Waals surface area contributed by atoms with Gasteiger partial charge in [0.2, 0.25) is 0 Å². The van der Waals surface area contributed by atoms with Crippen LogP contribution in [0.1, 0.15) is 5.56 Å². The van der Waals surface area contributed by atoms with E-state index in [1.807, 2.05) is 24.3 Å². The van der Waals surface area contributed by atoms with Crippen LogP contribution in [0, 0.1) is 5.82 Å². The molecule has 0 aromatic heterocycles. The van der Waals surface area contributed by atoms with Gasteiger partial charge in [0.05, 0.1) is 7.11 Å². The fourth-order valence-electron chi connectivity index (χ4n) is 3.31. The molecule has 2 aromatic rings. The van der Waals surface area contributed by atoms with Crippen molar-refractivity contribution in [3.05, 3.63) is 59.9 Å². The van der Waals surface area contributed by atoms with Crippen molar-refractivity contribution in [3.8, 4) is 5.75 Å². The highest BCUT2D eigenvalue weighted by atomic mass is 127. The Morgan fingerprint density at radius 2 is 1.75 bits per heavy atom. The average Bonchev–Trinajstić information content (AvgIpc) is 2.73. The summed E-state index contributed by atoms with van der Waals surface area (Å²) in [6, 6.07) is 15.1. The Labute approximate surface area is 183 Å². The van der Waals surface area contributed by atoms with Gasteiger partial charge < -0.3 is 19.9 Å². The summed E-state index contributed by atoms with van der Waals surface area (Å²) >= 11 is 0. The predicted molar refractivity (Wildman–Crippen MR) is 124 cm³/mol. The molecule has 1 heterocycles. The molecular weight excluding hydrogens is 470 g/mol. The van der Waals surface area contributed by atoms with Crippen molar-refractivity contribution in [2.24, 2.45) is 4.99 Å². The number of hydrogen-bond acceptors (Lipinski definition) is 3. The maximum atomic E-state index is 13.7. The normalized spacial score (nSPS) is 14.5. The van der Waals surface area contributed by atoms with Crippen LogP contribution in [-0.2, 0) is 6.42 Å². The van der Waals surface area contributed by atoms with Crippen molar-refractivity contribution in [2.75, 3.05) is 51.8 Å². The third-order valence-electron chi connectivity index (χ3n) is 4.86. The average molecular weight is 498 g/mol. The Hall–Kier alpha value is -2.03. The zero-order chi connectivity index (χ0) is 19.1. The standard InChI is InChI=1S/C21H27FN4O.HI/c1-23-21(24-12-11-17-5-3-4-6-20(17)22)26-15-13-25(14-16-26)18-7-9-19(27-2)10-8-18;/h3-10H,11-16H2,1-2H3,(H,23,24);1H. The molecular formula is C21H28FIN4O. The molecule has 2 aromatic carbocycles. The van der Waals surface area contributed by atoms with Crippen LogP contribution >= 0.6 is 24.0 Å². The quantitative estimate of drug-likeness (QED) is 0.390. The second-order valence-corrected chi connectivity index (χ2v) is 6.49. The fraction of sp³-hybridized carbons (Fsp3) is 0.381. The SMILES string of the molecule is CN=C(NCCc1ccccc1F)N1CCN(c2ccc(OC)cc2)CC1.I. The molecule has 0 amide bonds. The van der Waals surface area contributed by atoms with E-state index >= 15 is 0 Å². The van der Waals surface area contributed by atoms with Gasteiger partial charge in [-0.3, -0.25) is 4.99 Å². The molecule has 1 aliphatic heterocycles. The zero-order valence-corrected chi connectivity index (χ0v) is 18.7. The summed E-state index contributed by atoms with van der Waals surface area (Å²) in [5.74, 6) is 1.60. The number of rotatable bonds is 5. The molecule has 3 rings (SSSR count). The minimum absolute atomic E-state index is 0. The molecule has 5 nitrogen and oxygen atoms in total. The van der Waals surface area contributed by atoms with Crippen LogP contribution < -0.4 is 15.0 Å². The van der Waals surface area contributed by atoms with Gasteiger partial charge in [0.1, 0.15) is 11.6 Å². The Bertz CT molecular complexity index is 761. The van der Waals surface area contributed by atoms with E-state index in [0.717, 1.165) is 43.5 Å². The van der Waals surface area contributed by atoms with E-state index < -0.39 is 0 Å². The lowest BCUT2D eigenvalue weighted by Crippen LogP contribution is -2.52. The van der Waals surface area contributed by atoms with Gasteiger partial charge in [-0.1, -0.05) is 18.2 Å². The number of anilines is 1. The fourth-order valence-corrected chi connectivity index (χ4v) is 3.31. The second kappa shape index (κ2) is 11.1. The maximum absolute atomic E-state index is 13.7. The molecule has 1 aliphatic rings. The number of ether oxygens (including phenoxy) is 1. The molecule has 0 radical (unpaired) electrons. The monoisotopic (exact) mass is 498 g/mol. The Morgan fingerprint density at radius 3 is 2.36 bits per heavy atom. The summed E-state index contributed by atoms with van der Waals surface area (Å²) in [6.45, 7) is 4.31. The van der Waals surface area contributed by atoms with E-state index in [1.54, 1.807) is 20.2 Å². The van der Waals surface area contributed by atoms with Crippen LogP contribution in [0.25, 0.3) is 0 Å². The van der Waals surface area contributed by atoms with Gasteiger partial charge in [-0.15, -0.1) is 24.0 Å². The first-order chi connectivity index (χ1) is 13.2. The number of nitrogens with one attached hydrogen (secondary N) is 1. The number of nitrogens with zero attached hydrogens (tertiary/aromatic N) is 3. The van der Waals surface area contributed by atoms with Crippen LogP contribution in [0.2, 0.25) is 0 Å². The van der Waals surface area contributed by atoms with E-state index in [9.17, 15) is 4.39 Å². The first kappa shape index (κ1) is 22.3. The van der Waals surface area contributed by atoms with E-state index in [4.69, 9.17) is 4.74 Å². The summed E-state index contributed by atoms with van der Waals surface area (Å²) < 4.78 is 18.9. The van der Waals surface area contributed by atoms with Crippen molar-refractivity contribution in [1.29, 1.82) is 0 Å². The molecule has 28 heavy (non-hydrogen) atoms. The predicted octanol–water partition coefficient (Wildman–Crippen LogP) is 3.39. The third-order valence-corrected chi connectivity index (χ3v) is 4.86. The Kier molecular flexibility index (Phi) is 8.82. The molecule has 1 saturated heterocycles. The zero-order valence-electron chi connectivity index (χ0n) is 16.4. The van der Waals surface area contributed by atoms with Gasteiger partial charge in [-0.05, 0) is 42.3 Å². The molecule has 0 saturated carbocycles. The molecule has 152 valence electrons. The molecule has 0 atom stereocenters. The first-order valence-electron chi connectivity index (χ1n) is 9.29. The van der Waals surface area contributed by atoms with Gasteiger partial charge >= 0.3 is 0 Å². The highest BCUT2D eigenvalue weighted by molar-refractivity contribution is 14.0. The smallest absolute Gasteiger partial charge is 0.193 e. The summed E-state index contributed by atoms with van der Waals surface area (Å²) in [6.07, 6.45) is 0.636. The maximum Gasteiger partial charge on any atom is 0.193 e. The van der Waals surface area contributed by atoms with Crippen LogP contribution in [0.3, 0.4) is 0 Å². The van der Waals surface area contributed by atoms with Crippen LogP contribution in [0.15, 0.2) is 53.5 Å². The van der Waals surface area contributed by atoms with Crippen molar-refractivity contribution in [3.63, 3.8) is 0 Å². The van der Waals surface area contributed by atoms with Gasteiger partial charge in [0.25, 0.3) is 0 Å². The summed E-state index contributed by atoms with van der Waals surface area (Å²) in [4.78, 5) is 9.00. The summed E-state index contributed by atoms with van der Waals surface area (Å²) in [5, 5.41) is 3.36. The summed E-state index contributed by atoms with van der Waals surface area (Å²) in [5.41, 5.74) is 1.93. The molecule has 1 N–H and O–H groups in total. The third kappa shape index (κ3) is 5.73. The number of piperazine rings is 1. The molecule has 0 aliphatic carbocycles. The highest BCUT2D eigenvalue weighted by Crippen LogP contribution is 2.20. The lowest BCUT2D eigenvalue weighted by molar-refractivity contribution is 0.372. The summed E-state index contributed by atoms with van der Waals surface area (Å²) in [7, 11) is 3.47. The first-order valence-corrected chi connectivity index (χ1v) is 9.29. The minimum Gasteiger partial charge on any atom is -0.497 e. The van der Waals surface area contributed by atoms with Crippen LogP contribution in [0.4, 0.5) is 10.1 Å². The second-order valence-electron chi connectivity index (χ2n) is 6.49. The van der Waals surface area contributed by atoms with Crippen molar-refractivity contribution < 1.29 is 9.13 Å². The molecule has 1 fully saturated rings. The molecule has 0 spiro atoms. The number of hydrogen-bond donors (Lipinski definition) is 1. The number of guanidine groups is 1. The molecule has 7 heteroatoms. The molecule has 0 unspecified atom stereocenters. The number of methoxy groups -OCH3 is 1. The van der Waals surface area contributed by atoms with Crippen LogP contribution in [-0.4, -0.2) is 57.7 Å². The van der Waals surface area contributed by atoms with Gasteiger partial charge in [0, 0.05) is 45.5 Å². The van der Waals surface area contributed by atoms with Crippen molar-refractivity contribution in [1.82, 2.24) is 10.2 Å². The highest BCUT2D eigenvalue weighted by Gasteiger charge is 2.19. The van der Waals surface area contributed by atoms with Crippen molar-refractivity contribution in [2.45, 2.75) is 6.42 Å². The molecule has 0 bridgehead atoms. The van der Waals surface area contributed by atoms with Crippen LogP contribution in [0.5, 0.6) is 5.75 Å². The van der Waals surface area contributed by atoms with Gasteiger partial charge in [0.15, 0.2) is 5.96 Å². The number of aliphatic imine (C=N–C) groups is 1. The van der Waals surface area contributed by atoms with Crippen molar-refractivity contribution >= 4 is 35.6 Å². The lowest BCUT2D eigenvalue weighted by atomic mass is 10.1. The Morgan fingerprint density at radius 1 is 1.07 bits per heavy atom. The lowest BCUT2D eigenvalue weighted by Gasteiger charge is -2.37. The van der Waals surface area contributed by atoms with Gasteiger partial charge in [-0.25, -0.2) is 4.39 Å². The van der Waals surface area contributed by atoms with Gasteiger partial charge in [-0.2, -0.15) is 0 Å².